The molecule has 106 valence electrons. The molecule has 1 unspecified atom stereocenters. The summed E-state index contributed by atoms with van der Waals surface area (Å²) in [6.07, 6.45) is 0.779. The number of ether oxygens (including phenoxy) is 2. The lowest BCUT2D eigenvalue weighted by Crippen LogP contribution is -2.36. The van der Waals surface area contributed by atoms with Crippen molar-refractivity contribution in [1.82, 2.24) is 5.32 Å². The molecular weight excluding hydrogens is 244 g/mol. The van der Waals surface area contributed by atoms with Crippen LogP contribution in [0.25, 0.3) is 0 Å². The van der Waals surface area contributed by atoms with Gasteiger partial charge in [0, 0.05) is 31.9 Å². The van der Waals surface area contributed by atoms with Crippen LogP contribution in [0.3, 0.4) is 0 Å². The molecular formula is C14H22N2O3. The number of nitrogens with two attached hydrogens (primary N) is 1. The minimum atomic E-state index is -0.143. The molecule has 5 nitrogen and oxygen atoms in total. The number of hydrogen-bond acceptors (Lipinski definition) is 4. The van der Waals surface area contributed by atoms with Gasteiger partial charge < -0.3 is 20.5 Å². The molecule has 1 aromatic rings. The predicted molar refractivity (Wildman–Crippen MR) is 73.9 cm³/mol. The zero-order chi connectivity index (χ0) is 14.1. The quantitative estimate of drug-likeness (QED) is 0.738. The van der Waals surface area contributed by atoms with Crippen LogP contribution in [0.2, 0.25) is 0 Å². The smallest absolute Gasteiger partial charge is 0.258 e. The second kappa shape index (κ2) is 8.50. The molecule has 0 spiro atoms. The highest BCUT2D eigenvalue weighted by Crippen LogP contribution is 2.16. The number of amides is 1. The van der Waals surface area contributed by atoms with E-state index in [1.165, 1.54) is 0 Å². The fraction of sp³-hybridized carbons (Fsp3) is 0.500. The fourth-order valence-electron chi connectivity index (χ4n) is 1.64. The number of para-hydroxylation sites is 1. The summed E-state index contributed by atoms with van der Waals surface area (Å²) in [7, 11) is 1.64. The number of benzene rings is 1. The Morgan fingerprint density at radius 1 is 1.42 bits per heavy atom. The molecule has 0 fully saturated rings. The van der Waals surface area contributed by atoms with E-state index in [0.717, 1.165) is 12.0 Å². The molecule has 0 saturated heterocycles. The minimum Gasteiger partial charge on any atom is -0.483 e. The molecule has 1 amide bonds. The van der Waals surface area contributed by atoms with Gasteiger partial charge in [-0.25, -0.2) is 0 Å². The van der Waals surface area contributed by atoms with Crippen molar-refractivity contribution in [3.8, 4) is 5.75 Å². The predicted octanol–water partition coefficient (Wildman–Crippen LogP) is 1.07. The third-order valence-corrected chi connectivity index (χ3v) is 2.71. The van der Waals surface area contributed by atoms with E-state index < -0.39 is 0 Å². The van der Waals surface area contributed by atoms with Crippen LogP contribution in [0.15, 0.2) is 24.3 Å². The molecule has 0 aromatic heterocycles. The van der Waals surface area contributed by atoms with Crippen molar-refractivity contribution < 1.29 is 14.3 Å². The van der Waals surface area contributed by atoms with E-state index in [9.17, 15) is 4.79 Å². The molecule has 19 heavy (non-hydrogen) atoms. The SMILES string of the molecule is COCCC(C)NC(=O)COc1ccccc1CN. The lowest BCUT2D eigenvalue weighted by atomic mass is 10.2. The number of methoxy groups -OCH3 is 1. The van der Waals surface area contributed by atoms with Crippen LogP contribution >= 0.6 is 0 Å². The summed E-state index contributed by atoms with van der Waals surface area (Å²) in [4.78, 5) is 11.7. The molecule has 1 rings (SSSR count). The first-order chi connectivity index (χ1) is 9.17. The van der Waals surface area contributed by atoms with Crippen LogP contribution in [-0.4, -0.2) is 32.3 Å². The Bertz CT molecular complexity index is 396. The highest BCUT2D eigenvalue weighted by Gasteiger charge is 2.09. The van der Waals surface area contributed by atoms with Gasteiger partial charge in [-0.15, -0.1) is 0 Å². The van der Waals surface area contributed by atoms with E-state index in [0.29, 0.717) is 18.9 Å². The van der Waals surface area contributed by atoms with E-state index in [1.807, 2.05) is 31.2 Å². The maximum Gasteiger partial charge on any atom is 0.258 e. The van der Waals surface area contributed by atoms with Gasteiger partial charge in [0.1, 0.15) is 5.75 Å². The van der Waals surface area contributed by atoms with E-state index in [4.69, 9.17) is 15.2 Å². The van der Waals surface area contributed by atoms with Gasteiger partial charge in [-0.2, -0.15) is 0 Å². The Hall–Kier alpha value is -1.59. The molecule has 0 aliphatic carbocycles. The first-order valence-corrected chi connectivity index (χ1v) is 6.36. The van der Waals surface area contributed by atoms with Crippen molar-refractivity contribution in [2.75, 3.05) is 20.3 Å². The first kappa shape index (κ1) is 15.5. The van der Waals surface area contributed by atoms with Crippen LogP contribution in [0, 0.1) is 0 Å². The second-order valence-electron chi connectivity index (χ2n) is 4.35. The van der Waals surface area contributed by atoms with Gasteiger partial charge in [0.2, 0.25) is 0 Å². The third kappa shape index (κ3) is 5.72. The fourth-order valence-corrected chi connectivity index (χ4v) is 1.64. The highest BCUT2D eigenvalue weighted by atomic mass is 16.5. The molecule has 0 bridgehead atoms. The topological polar surface area (TPSA) is 73.6 Å². The molecule has 0 aliphatic rings. The van der Waals surface area contributed by atoms with Crippen LogP contribution in [0.4, 0.5) is 0 Å². The zero-order valence-electron chi connectivity index (χ0n) is 11.5. The lowest BCUT2D eigenvalue weighted by Gasteiger charge is -2.14. The Balaban J connectivity index is 2.37. The van der Waals surface area contributed by atoms with Crippen LogP contribution < -0.4 is 15.8 Å². The summed E-state index contributed by atoms with van der Waals surface area (Å²) in [5, 5.41) is 2.85. The van der Waals surface area contributed by atoms with Crippen molar-refractivity contribution in [2.45, 2.75) is 25.9 Å². The summed E-state index contributed by atoms with van der Waals surface area (Å²) in [5.74, 6) is 0.514. The standard InChI is InChI=1S/C14H22N2O3/c1-11(7-8-18-2)16-14(17)10-19-13-6-4-3-5-12(13)9-15/h3-6,11H,7-10,15H2,1-2H3,(H,16,17). The van der Waals surface area contributed by atoms with Crippen LogP contribution in [0.5, 0.6) is 5.75 Å². The molecule has 1 aromatic carbocycles. The van der Waals surface area contributed by atoms with Gasteiger partial charge in [-0.05, 0) is 19.4 Å². The summed E-state index contributed by atoms with van der Waals surface area (Å²) >= 11 is 0. The first-order valence-electron chi connectivity index (χ1n) is 6.36. The monoisotopic (exact) mass is 266 g/mol. The molecule has 1 atom stereocenters. The zero-order valence-corrected chi connectivity index (χ0v) is 11.5. The summed E-state index contributed by atoms with van der Waals surface area (Å²) in [6.45, 7) is 2.94. The van der Waals surface area contributed by atoms with Crippen molar-refractivity contribution in [3.05, 3.63) is 29.8 Å². The lowest BCUT2D eigenvalue weighted by molar-refractivity contribution is -0.123. The van der Waals surface area contributed by atoms with Crippen molar-refractivity contribution >= 4 is 5.91 Å². The number of hydrogen-bond donors (Lipinski definition) is 2. The molecule has 0 radical (unpaired) electrons. The molecule has 5 heteroatoms. The normalized spacial score (nSPS) is 11.9. The molecule has 0 aliphatic heterocycles. The van der Waals surface area contributed by atoms with Gasteiger partial charge in [0.05, 0.1) is 0 Å². The highest BCUT2D eigenvalue weighted by molar-refractivity contribution is 5.77. The van der Waals surface area contributed by atoms with Gasteiger partial charge in [0.15, 0.2) is 6.61 Å². The Morgan fingerprint density at radius 2 is 2.16 bits per heavy atom. The maximum atomic E-state index is 11.7. The van der Waals surface area contributed by atoms with Crippen molar-refractivity contribution in [3.63, 3.8) is 0 Å². The molecule has 3 N–H and O–H groups in total. The van der Waals surface area contributed by atoms with Gasteiger partial charge in [0.25, 0.3) is 5.91 Å². The van der Waals surface area contributed by atoms with E-state index in [2.05, 4.69) is 5.32 Å². The Morgan fingerprint density at radius 3 is 2.84 bits per heavy atom. The van der Waals surface area contributed by atoms with Gasteiger partial charge >= 0.3 is 0 Å². The van der Waals surface area contributed by atoms with E-state index >= 15 is 0 Å². The minimum absolute atomic E-state index is 0.00562. The van der Waals surface area contributed by atoms with Crippen molar-refractivity contribution in [1.29, 1.82) is 0 Å². The third-order valence-electron chi connectivity index (χ3n) is 2.71. The number of carbonyl (C=O) groups is 1. The Labute approximate surface area is 114 Å². The van der Waals surface area contributed by atoms with E-state index in [1.54, 1.807) is 7.11 Å². The van der Waals surface area contributed by atoms with Crippen molar-refractivity contribution in [2.24, 2.45) is 5.73 Å². The van der Waals surface area contributed by atoms with Crippen LogP contribution in [0.1, 0.15) is 18.9 Å². The molecule has 0 saturated carbocycles. The maximum absolute atomic E-state index is 11.7. The average Bonchev–Trinajstić information content (AvgIpc) is 2.43. The largest absolute Gasteiger partial charge is 0.483 e. The summed E-state index contributed by atoms with van der Waals surface area (Å²) < 4.78 is 10.4. The summed E-state index contributed by atoms with van der Waals surface area (Å²) in [6, 6.07) is 7.51. The second-order valence-corrected chi connectivity index (χ2v) is 4.35. The van der Waals surface area contributed by atoms with E-state index in [-0.39, 0.29) is 18.6 Å². The average molecular weight is 266 g/mol. The molecule has 0 heterocycles. The van der Waals surface area contributed by atoms with Crippen LogP contribution in [-0.2, 0) is 16.1 Å². The summed E-state index contributed by atoms with van der Waals surface area (Å²) in [5.41, 5.74) is 6.49. The van der Waals surface area contributed by atoms with Gasteiger partial charge in [-0.3, -0.25) is 4.79 Å². The van der Waals surface area contributed by atoms with Gasteiger partial charge in [-0.1, -0.05) is 18.2 Å². The number of nitrogens with one attached hydrogen (secondary N) is 1. The number of carbonyl (C=O) groups excluding carboxylic acids is 1. The Kier molecular flexibility index (Phi) is 6.92. The number of rotatable bonds is 8.